The number of aryl methyl sites for hydroxylation is 1. The van der Waals surface area contributed by atoms with E-state index < -0.39 is 0 Å². The second-order valence-corrected chi connectivity index (χ2v) is 5.22. The Hall–Kier alpha value is -1.14. The molecule has 0 radical (unpaired) electrons. The highest BCUT2D eigenvalue weighted by molar-refractivity contribution is 9.10. The number of aromatic nitrogens is 2. The van der Waals surface area contributed by atoms with Gasteiger partial charge in [0, 0.05) is 16.4 Å². The highest BCUT2D eigenvalue weighted by Gasteiger charge is 2.04. The number of benzene rings is 1. The number of hydrogen-bond acceptors (Lipinski definition) is 4. The average Bonchev–Trinajstić information content (AvgIpc) is 2.29. The van der Waals surface area contributed by atoms with Crippen molar-refractivity contribution >= 4 is 49.3 Å². The number of halogens is 2. The smallest absolute Gasteiger partial charge is 0.222 e. The molecule has 3 N–H and O–H groups in total. The van der Waals surface area contributed by atoms with E-state index in [-0.39, 0.29) is 5.95 Å². The van der Waals surface area contributed by atoms with Crippen LogP contribution in [0.4, 0.5) is 17.5 Å². The molecule has 1 aromatic heterocycles. The van der Waals surface area contributed by atoms with Crippen molar-refractivity contribution in [3.05, 3.63) is 38.9 Å². The van der Waals surface area contributed by atoms with Crippen molar-refractivity contribution in [2.45, 2.75) is 6.92 Å². The Morgan fingerprint density at radius 2 is 2.00 bits per heavy atom. The van der Waals surface area contributed by atoms with E-state index in [0.29, 0.717) is 5.82 Å². The van der Waals surface area contributed by atoms with Gasteiger partial charge in [-0.1, -0.05) is 15.9 Å². The van der Waals surface area contributed by atoms with Gasteiger partial charge in [0.1, 0.15) is 5.82 Å². The quantitative estimate of drug-likeness (QED) is 0.861. The normalized spacial score (nSPS) is 10.3. The molecule has 0 amide bonds. The van der Waals surface area contributed by atoms with E-state index in [1.54, 1.807) is 6.20 Å². The van der Waals surface area contributed by atoms with E-state index in [2.05, 4.69) is 47.1 Å². The van der Waals surface area contributed by atoms with Gasteiger partial charge in [-0.15, -0.1) is 0 Å². The molecule has 6 heteroatoms. The van der Waals surface area contributed by atoms with E-state index >= 15 is 0 Å². The van der Waals surface area contributed by atoms with Gasteiger partial charge in [-0.2, -0.15) is 4.98 Å². The maximum Gasteiger partial charge on any atom is 0.222 e. The number of nitrogen functional groups attached to an aromatic ring is 1. The van der Waals surface area contributed by atoms with Gasteiger partial charge in [0.15, 0.2) is 0 Å². The first kappa shape index (κ1) is 12.3. The van der Waals surface area contributed by atoms with Crippen molar-refractivity contribution in [3.8, 4) is 0 Å². The van der Waals surface area contributed by atoms with Gasteiger partial charge in [0.25, 0.3) is 0 Å². The third-order valence-corrected chi connectivity index (χ3v) is 3.65. The molecular formula is C11H10Br2N4. The molecule has 2 rings (SSSR count). The Balaban J connectivity index is 2.31. The number of rotatable bonds is 2. The average molecular weight is 358 g/mol. The van der Waals surface area contributed by atoms with E-state index in [0.717, 1.165) is 20.2 Å². The third kappa shape index (κ3) is 2.95. The van der Waals surface area contributed by atoms with Crippen LogP contribution in [0.5, 0.6) is 0 Å². The lowest BCUT2D eigenvalue weighted by Crippen LogP contribution is -2.00. The number of nitrogens with one attached hydrogen (secondary N) is 1. The second-order valence-electron chi connectivity index (χ2n) is 3.51. The minimum absolute atomic E-state index is 0.240. The third-order valence-electron chi connectivity index (χ3n) is 2.18. The van der Waals surface area contributed by atoms with Crippen LogP contribution in [0.3, 0.4) is 0 Å². The van der Waals surface area contributed by atoms with Crippen molar-refractivity contribution < 1.29 is 0 Å². The fourth-order valence-electron chi connectivity index (χ4n) is 1.33. The largest absolute Gasteiger partial charge is 0.368 e. The van der Waals surface area contributed by atoms with Crippen molar-refractivity contribution in [1.29, 1.82) is 0 Å². The molecule has 1 heterocycles. The first-order chi connectivity index (χ1) is 8.06. The summed E-state index contributed by atoms with van der Waals surface area (Å²) in [6.45, 7) is 2.03. The Labute approximate surface area is 116 Å². The summed E-state index contributed by atoms with van der Waals surface area (Å²) >= 11 is 6.83. The Bertz CT molecular complexity index is 557. The van der Waals surface area contributed by atoms with E-state index in [4.69, 9.17) is 5.73 Å². The van der Waals surface area contributed by atoms with Crippen molar-refractivity contribution in [1.82, 2.24) is 9.97 Å². The predicted molar refractivity (Wildman–Crippen MR) is 76.3 cm³/mol. The fraction of sp³-hybridized carbons (Fsp3) is 0.0909. The maximum atomic E-state index is 5.54. The van der Waals surface area contributed by atoms with E-state index in [9.17, 15) is 0 Å². The molecular weight excluding hydrogens is 348 g/mol. The summed E-state index contributed by atoms with van der Waals surface area (Å²) in [5.41, 5.74) is 7.64. The van der Waals surface area contributed by atoms with Crippen LogP contribution in [0.15, 0.2) is 33.3 Å². The van der Waals surface area contributed by atoms with Crippen LogP contribution in [-0.4, -0.2) is 9.97 Å². The van der Waals surface area contributed by atoms with Gasteiger partial charge >= 0.3 is 0 Å². The van der Waals surface area contributed by atoms with Crippen LogP contribution in [0.25, 0.3) is 0 Å². The van der Waals surface area contributed by atoms with Gasteiger partial charge in [-0.3, -0.25) is 0 Å². The minimum Gasteiger partial charge on any atom is -0.368 e. The Morgan fingerprint density at radius 1 is 1.24 bits per heavy atom. The summed E-state index contributed by atoms with van der Waals surface area (Å²) in [7, 11) is 0. The molecule has 17 heavy (non-hydrogen) atoms. The zero-order valence-corrected chi connectivity index (χ0v) is 12.2. The minimum atomic E-state index is 0.240. The summed E-state index contributed by atoms with van der Waals surface area (Å²) < 4.78 is 1.84. The molecule has 0 saturated carbocycles. The highest BCUT2D eigenvalue weighted by atomic mass is 79.9. The molecule has 0 unspecified atom stereocenters. The van der Waals surface area contributed by atoms with Gasteiger partial charge < -0.3 is 11.1 Å². The van der Waals surface area contributed by atoms with E-state index in [1.165, 1.54) is 0 Å². The van der Waals surface area contributed by atoms with Crippen LogP contribution in [-0.2, 0) is 0 Å². The molecule has 0 atom stereocenters. The summed E-state index contributed by atoms with van der Waals surface area (Å²) in [5.74, 6) is 0.892. The lowest BCUT2D eigenvalue weighted by Gasteiger charge is -2.09. The Kier molecular flexibility index (Phi) is 3.63. The Morgan fingerprint density at radius 3 is 2.71 bits per heavy atom. The molecule has 0 aliphatic heterocycles. The molecule has 2 aromatic rings. The number of nitrogens with two attached hydrogens (primary N) is 1. The van der Waals surface area contributed by atoms with Gasteiger partial charge in [0.05, 0.1) is 4.47 Å². The van der Waals surface area contributed by atoms with Crippen LogP contribution < -0.4 is 11.1 Å². The molecule has 0 spiro atoms. The predicted octanol–water partition coefficient (Wildman–Crippen LogP) is 3.64. The standard InChI is InChI=1S/C11H10Br2N4/c1-6-4-7(2-3-8(6)12)16-10-9(13)5-15-11(14)17-10/h2-5H,1H3,(H3,14,15,16,17). The van der Waals surface area contributed by atoms with Gasteiger partial charge in [-0.25, -0.2) is 4.98 Å². The highest BCUT2D eigenvalue weighted by Crippen LogP contribution is 2.26. The zero-order valence-electron chi connectivity index (χ0n) is 9.04. The maximum absolute atomic E-state index is 5.54. The SMILES string of the molecule is Cc1cc(Nc2nc(N)ncc2Br)ccc1Br. The molecule has 88 valence electrons. The van der Waals surface area contributed by atoms with Gasteiger partial charge in [-0.05, 0) is 46.6 Å². The molecule has 0 aliphatic rings. The summed E-state index contributed by atoms with van der Waals surface area (Å²) in [6, 6.07) is 5.97. The molecule has 1 aromatic carbocycles. The van der Waals surface area contributed by atoms with E-state index in [1.807, 2.05) is 25.1 Å². The number of nitrogens with zero attached hydrogens (tertiary/aromatic N) is 2. The lowest BCUT2D eigenvalue weighted by molar-refractivity contribution is 1.17. The first-order valence-corrected chi connectivity index (χ1v) is 6.46. The summed E-state index contributed by atoms with van der Waals surface area (Å²) in [5, 5.41) is 3.18. The molecule has 0 saturated heterocycles. The summed E-state index contributed by atoms with van der Waals surface area (Å²) in [4.78, 5) is 8.00. The van der Waals surface area contributed by atoms with Crippen molar-refractivity contribution in [2.75, 3.05) is 11.1 Å². The number of anilines is 3. The topological polar surface area (TPSA) is 63.8 Å². The van der Waals surface area contributed by atoms with Crippen molar-refractivity contribution in [3.63, 3.8) is 0 Å². The molecule has 0 aliphatic carbocycles. The second kappa shape index (κ2) is 5.01. The fourth-order valence-corrected chi connectivity index (χ4v) is 1.86. The zero-order chi connectivity index (χ0) is 12.4. The first-order valence-electron chi connectivity index (χ1n) is 4.87. The van der Waals surface area contributed by atoms with Gasteiger partial charge in [0.2, 0.25) is 5.95 Å². The van der Waals surface area contributed by atoms with Crippen molar-refractivity contribution in [2.24, 2.45) is 0 Å². The number of hydrogen-bond donors (Lipinski definition) is 2. The van der Waals surface area contributed by atoms with Crippen LogP contribution in [0.1, 0.15) is 5.56 Å². The van der Waals surface area contributed by atoms with Crippen LogP contribution in [0, 0.1) is 6.92 Å². The van der Waals surface area contributed by atoms with Crippen LogP contribution in [0.2, 0.25) is 0 Å². The lowest BCUT2D eigenvalue weighted by atomic mass is 10.2. The molecule has 0 fully saturated rings. The monoisotopic (exact) mass is 356 g/mol. The van der Waals surface area contributed by atoms with Crippen LogP contribution >= 0.6 is 31.9 Å². The molecule has 4 nitrogen and oxygen atoms in total. The molecule has 0 bridgehead atoms. The summed E-state index contributed by atoms with van der Waals surface area (Å²) in [6.07, 6.45) is 1.62.